The van der Waals surface area contributed by atoms with Crippen LogP contribution in [0.3, 0.4) is 0 Å². The van der Waals surface area contributed by atoms with E-state index < -0.39 is 20.9 Å². The third kappa shape index (κ3) is 3.61. The molecule has 0 atom stereocenters. The van der Waals surface area contributed by atoms with Gasteiger partial charge in [0.25, 0.3) is 0 Å². The van der Waals surface area contributed by atoms with Gasteiger partial charge in [-0.25, -0.2) is 0 Å². The molecule has 0 aliphatic rings. The van der Waals surface area contributed by atoms with Crippen LogP contribution in [0.15, 0.2) is 48.5 Å². The van der Waals surface area contributed by atoms with Crippen LogP contribution in [0.25, 0.3) is 0 Å². The second kappa shape index (κ2) is 6.41. The zero-order valence-electron chi connectivity index (χ0n) is 11.5. The van der Waals surface area contributed by atoms with E-state index in [-0.39, 0.29) is 5.69 Å². The minimum atomic E-state index is -3.57. The normalized spacial score (nSPS) is 12.0. The first-order chi connectivity index (χ1) is 9.82. The monoisotopic (exact) mass is 442 g/mol. The maximum atomic E-state index is 10.9. The van der Waals surface area contributed by atoms with Crippen molar-refractivity contribution in [2.24, 2.45) is 0 Å². The first kappa shape index (κ1) is 16.4. The Balaban J connectivity index is 2.41. The predicted molar refractivity (Wildman–Crippen MR) is 90.6 cm³/mol. The fourth-order valence-electron chi connectivity index (χ4n) is 1.81. The fourth-order valence-corrected chi connectivity index (χ4v) is 8.10. The van der Waals surface area contributed by atoms with Crippen molar-refractivity contribution in [1.82, 2.24) is 0 Å². The number of hydrogen-bond donors (Lipinski definition) is 0. The molecule has 0 bridgehead atoms. The molecule has 7 heteroatoms. The second-order valence-electron chi connectivity index (χ2n) is 4.61. The number of benzene rings is 2. The van der Waals surface area contributed by atoms with E-state index in [9.17, 15) is 10.1 Å². The molecule has 0 aromatic heterocycles. The number of halogens is 2. The number of hydrogen-bond acceptors (Lipinski definition) is 3. The predicted octanol–water partition coefficient (Wildman–Crippen LogP) is 2.69. The van der Waals surface area contributed by atoms with Gasteiger partial charge in [0, 0.05) is 0 Å². The SMILES string of the molecule is CN(C)c1ccc([Te](Cl)(Cl)c2cccc([N+](=O)[O-])c2)cc1. The molecule has 0 unspecified atom stereocenters. The summed E-state index contributed by atoms with van der Waals surface area (Å²) in [4.78, 5) is 12.4. The molecule has 0 amide bonds. The van der Waals surface area contributed by atoms with Gasteiger partial charge in [-0.2, -0.15) is 0 Å². The van der Waals surface area contributed by atoms with Crippen LogP contribution >= 0.6 is 17.9 Å². The van der Waals surface area contributed by atoms with Crippen molar-refractivity contribution >= 4 is 52.5 Å². The van der Waals surface area contributed by atoms with E-state index in [0.717, 1.165) is 9.30 Å². The Bertz CT molecular complexity index is 660. The summed E-state index contributed by atoms with van der Waals surface area (Å²) in [5.74, 6) is 0. The topological polar surface area (TPSA) is 46.4 Å². The molecule has 4 nitrogen and oxygen atoms in total. The maximum absolute atomic E-state index is 10.9. The van der Waals surface area contributed by atoms with Gasteiger partial charge >= 0.3 is 135 Å². The summed E-state index contributed by atoms with van der Waals surface area (Å²) in [6, 6.07) is 14.0. The van der Waals surface area contributed by atoms with Crippen LogP contribution < -0.4 is 12.1 Å². The number of nitrogens with zero attached hydrogens (tertiary/aromatic N) is 2. The zero-order valence-corrected chi connectivity index (χ0v) is 15.3. The van der Waals surface area contributed by atoms with Crippen molar-refractivity contribution in [3.05, 3.63) is 58.6 Å². The van der Waals surface area contributed by atoms with E-state index in [1.807, 2.05) is 43.3 Å². The summed E-state index contributed by atoms with van der Waals surface area (Å²) < 4.78 is 1.51. The van der Waals surface area contributed by atoms with Gasteiger partial charge in [-0.3, -0.25) is 0 Å². The summed E-state index contributed by atoms with van der Waals surface area (Å²) in [7, 11) is 17.1. The molecule has 0 heterocycles. The van der Waals surface area contributed by atoms with E-state index in [0.29, 0.717) is 3.61 Å². The van der Waals surface area contributed by atoms with E-state index in [1.165, 1.54) is 12.1 Å². The van der Waals surface area contributed by atoms with Gasteiger partial charge in [0.15, 0.2) is 0 Å². The van der Waals surface area contributed by atoms with Crippen LogP contribution in [-0.2, 0) is 0 Å². The van der Waals surface area contributed by atoms with Crippen LogP contribution in [0.4, 0.5) is 11.4 Å². The first-order valence-corrected chi connectivity index (χ1v) is 14.3. The Morgan fingerprint density at radius 3 is 2.19 bits per heavy atom. The number of rotatable bonds is 4. The molecular weight excluding hydrogens is 427 g/mol. The van der Waals surface area contributed by atoms with Gasteiger partial charge in [0.05, 0.1) is 0 Å². The number of nitro groups is 1. The summed E-state index contributed by atoms with van der Waals surface area (Å²) in [5, 5.41) is 10.9. The summed E-state index contributed by atoms with van der Waals surface area (Å²) in [6.45, 7) is 0. The van der Waals surface area contributed by atoms with E-state index in [4.69, 9.17) is 17.9 Å². The van der Waals surface area contributed by atoms with Crippen LogP contribution in [-0.4, -0.2) is 35.0 Å². The van der Waals surface area contributed by atoms with Gasteiger partial charge in [0.1, 0.15) is 0 Å². The van der Waals surface area contributed by atoms with Crippen molar-refractivity contribution in [2.45, 2.75) is 0 Å². The average Bonchev–Trinajstić information content (AvgIpc) is 2.47. The summed E-state index contributed by atoms with van der Waals surface area (Å²) in [6.07, 6.45) is 0. The Kier molecular flexibility index (Phi) is 5.00. The van der Waals surface area contributed by atoms with Crippen LogP contribution in [0.1, 0.15) is 0 Å². The van der Waals surface area contributed by atoms with Crippen molar-refractivity contribution in [3.63, 3.8) is 0 Å². The molecule has 0 fully saturated rings. The third-order valence-corrected chi connectivity index (χ3v) is 12.6. The molecule has 0 radical (unpaired) electrons. The Morgan fingerprint density at radius 2 is 1.67 bits per heavy atom. The Morgan fingerprint density at radius 1 is 1.05 bits per heavy atom. The molecular formula is C14H14Cl2N2O2Te. The van der Waals surface area contributed by atoms with Crippen LogP contribution in [0.2, 0.25) is 0 Å². The molecule has 2 rings (SSSR count). The second-order valence-corrected chi connectivity index (χ2v) is 17.2. The molecule has 21 heavy (non-hydrogen) atoms. The van der Waals surface area contributed by atoms with E-state index in [2.05, 4.69) is 0 Å². The molecule has 0 spiro atoms. The molecule has 2 aromatic rings. The van der Waals surface area contributed by atoms with Gasteiger partial charge in [-0.15, -0.1) is 0 Å². The molecule has 0 aliphatic carbocycles. The van der Waals surface area contributed by atoms with E-state index in [1.54, 1.807) is 12.1 Å². The van der Waals surface area contributed by atoms with Crippen LogP contribution in [0, 0.1) is 10.1 Å². The van der Waals surface area contributed by atoms with Crippen molar-refractivity contribution in [1.29, 1.82) is 0 Å². The van der Waals surface area contributed by atoms with Gasteiger partial charge < -0.3 is 0 Å². The summed E-state index contributed by atoms with van der Waals surface area (Å²) >= 11 is -3.57. The van der Waals surface area contributed by atoms with Crippen molar-refractivity contribution in [3.8, 4) is 0 Å². The minimum absolute atomic E-state index is 0.00869. The molecule has 112 valence electrons. The molecule has 2 aromatic carbocycles. The molecule has 0 N–H and O–H groups in total. The molecule has 0 aliphatic heterocycles. The quantitative estimate of drug-likeness (QED) is 0.417. The van der Waals surface area contributed by atoms with Gasteiger partial charge in [-0.1, -0.05) is 0 Å². The third-order valence-electron chi connectivity index (χ3n) is 2.97. The van der Waals surface area contributed by atoms with Crippen molar-refractivity contribution < 1.29 is 4.92 Å². The first-order valence-electron chi connectivity index (χ1n) is 6.07. The standard InChI is InChI=1S/C14H14Cl2N2O2Te/c1-17(2)11-6-8-13(9-7-11)21(15,16)14-5-3-4-12(10-14)18(19)20/h3-10H,1-2H3. The Hall–Kier alpha value is -0.990. The number of anilines is 1. The Labute approximate surface area is 134 Å². The fraction of sp³-hybridized carbons (Fsp3) is 0.143. The van der Waals surface area contributed by atoms with Crippen LogP contribution in [0.5, 0.6) is 0 Å². The molecule has 0 saturated carbocycles. The number of nitro benzene ring substituents is 1. The number of non-ortho nitro benzene ring substituents is 1. The molecule has 0 saturated heterocycles. The van der Waals surface area contributed by atoms with E-state index >= 15 is 0 Å². The van der Waals surface area contributed by atoms with Gasteiger partial charge in [-0.05, 0) is 0 Å². The van der Waals surface area contributed by atoms with Gasteiger partial charge in [0.2, 0.25) is 0 Å². The van der Waals surface area contributed by atoms with Crippen molar-refractivity contribution in [2.75, 3.05) is 19.0 Å². The average molecular weight is 441 g/mol. The zero-order chi connectivity index (χ0) is 15.6. The summed E-state index contributed by atoms with van der Waals surface area (Å²) in [5.41, 5.74) is 1.05.